The van der Waals surface area contributed by atoms with Gasteiger partial charge >= 0.3 is 0 Å². The molecule has 114 heavy (non-hydrogen) atoms. The average molecular weight is 1450 g/mol. The molecular weight excluding hydrogens is 1370 g/mol. The lowest BCUT2D eigenvalue weighted by Crippen LogP contribution is -2.10. The number of anilines is 6. The van der Waals surface area contributed by atoms with Gasteiger partial charge in [0.2, 0.25) is 0 Å². The van der Waals surface area contributed by atoms with Crippen molar-refractivity contribution in [3.63, 3.8) is 0 Å². The fourth-order valence-corrected chi connectivity index (χ4v) is 16.4. The standard InChI is InChI=1S/C62H43N.C50H35N/c1-3-15-44(16-4-1)45-29-31-51(32-30-45)62-43-54(41-42-61(62)60-26-12-11-25-59(60)46-17-5-2-6-18-46)63(52-37-33-49(34-38-52)57-27-13-21-47-19-7-9-23-55(47)57)53-39-35-50(36-40-53)58-28-14-22-48-20-8-10-24-56(48)58;1-3-13-40(14-4-1)49-32-31-48(35-50(49)41-15-5-2-6-16-41)51(46-27-23-38(24-28-46)44-21-19-36-11-7-9-17-42(36)33-44)47-29-25-39(26-30-47)45-22-20-37-12-8-10-18-43(37)34-45/h1-43H;1-35H. The molecule has 0 saturated heterocycles. The van der Waals surface area contributed by atoms with Gasteiger partial charge in [0.05, 0.1) is 0 Å². The first kappa shape index (κ1) is 69.5. The lowest BCUT2D eigenvalue weighted by molar-refractivity contribution is 1.28. The summed E-state index contributed by atoms with van der Waals surface area (Å²) in [5, 5.41) is 9.99. The highest BCUT2D eigenvalue weighted by molar-refractivity contribution is 6.01. The minimum absolute atomic E-state index is 1.08. The van der Waals surface area contributed by atoms with Crippen molar-refractivity contribution in [1.82, 2.24) is 0 Å². The zero-order valence-corrected chi connectivity index (χ0v) is 62.9. The van der Waals surface area contributed by atoms with Crippen molar-refractivity contribution >= 4 is 77.2 Å². The zero-order valence-electron chi connectivity index (χ0n) is 62.9. The molecule has 0 spiro atoms. The van der Waals surface area contributed by atoms with Crippen molar-refractivity contribution in [1.29, 1.82) is 0 Å². The molecule has 0 amide bonds. The molecule has 20 aromatic rings. The first-order valence-electron chi connectivity index (χ1n) is 39.2. The molecule has 0 unspecified atom stereocenters. The van der Waals surface area contributed by atoms with Crippen LogP contribution in [-0.2, 0) is 0 Å². The van der Waals surface area contributed by atoms with E-state index in [0.29, 0.717) is 0 Å². The SMILES string of the molecule is c1ccc(-c2ccc(-c3cc(N(c4ccc(-c5cccc6ccccc56)cc4)c4ccc(-c5cccc6ccccc56)cc4)ccc3-c3ccccc3-c3ccccc3)cc2)cc1.c1ccc(-c2ccc(N(c3ccc(-c4ccc5ccccc5c4)cc3)c3ccc(-c4ccc5ccccc5c4)cc3)cc2-c2ccccc2)cc1. The fourth-order valence-electron chi connectivity index (χ4n) is 16.4. The van der Waals surface area contributed by atoms with E-state index in [2.05, 4.69) is 483 Å². The third-order valence-corrected chi connectivity index (χ3v) is 22.2. The Kier molecular flexibility index (Phi) is 19.2. The number of fused-ring (bicyclic) bond motifs is 4. The second-order valence-corrected chi connectivity index (χ2v) is 29.1. The zero-order chi connectivity index (χ0) is 75.9. The molecule has 0 aromatic heterocycles. The molecule has 0 heterocycles. The summed E-state index contributed by atoms with van der Waals surface area (Å²) >= 11 is 0. The predicted molar refractivity (Wildman–Crippen MR) is 487 cm³/mol. The number of benzene rings is 20. The van der Waals surface area contributed by atoms with E-state index in [0.717, 1.165) is 39.7 Å². The molecule has 20 rings (SSSR count). The molecule has 20 aromatic carbocycles. The monoisotopic (exact) mass is 1450 g/mol. The lowest BCUT2D eigenvalue weighted by atomic mass is 9.88. The Morgan fingerprint density at radius 2 is 0.342 bits per heavy atom. The summed E-state index contributed by atoms with van der Waals surface area (Å²) in [6, 6.07) is 171. The van der Waals surface area contributed by atoms with Crippen LogP contribution in [0.5, 0.6) is 0 Å². The van der Waals surface area contributed by atoms with Crippen molar-refractivity contribution in [2.75, 3.05) is 9.80 Å². The van der Waals surface area contributed by atoms with Crippen LogP contribution in [0.25, 0.3) is 154 Å². The van der Waals surface area contributed by atoms with Crippen molar-refractivity contribution in [3.8, 4) is 111 Å². The van der Waals surface area contributed by atoms with E-state index in [1.165, 1.54) is 149 Å². The molecule has 2 heteroatoms. The molecule has 0 aliphatic heterocycles. The molecule has 0 radical (unpaired) electrons. The van der Waals surface area contributed by atoms with Gasteiger partial charge in [-0.3, -0.25) is 0 Å². The van der Waals surface area contributed by atoms with E-state index in [9.17, 15) is 0 Å². The summed E-state index contributed by atoms with van der Waals surface area (Å²) in [5.41, 5.74) is 30.5. The van der Waals surface area contributed by atoms with Crippen LogP contribution in [0.2, 0.25) is 0 Å². The van der Waals surface area contributed by atoms with Crippen molar-refractivity contribution in [2.45, 2.75) is 0 Å². The first-order valence-corrected chi connectivity index (χ1v) is 39.2. The highest BCUT2D eigenvalue weighted by Gasteiger charge is 2.22. The molecule has 2 nitrogen and oxygen atoms in total. The average Bonchev–Trinajstić information content (AvgIpc) is 0.769. The van der Waals surface area contributed by atoms with Gasteiger partial charge in [0.25, 0.3) is 0 Å². The van der Waals surface area contributed by atoms with E-state index < -0.39 is 0 Å². The lowest BCUT2D eigenvalue weighted by Gasteiger charge is -2.27. The predicted octanol–water partition coefficient (Wildman–Crippen LogP) is 31.6. The van der Waals surface area contributed by atoms with Gasteiger partial charge in [0, 0.05) is 34.1 Å². The third kappa shape index (κ3) is 14.3. The summed E-state index contributed by atoms with van der Waals surface area (Å²) in [7, 11) is 0. The molecular formula is C112H78N2. The molecule has 0 fully saturated rings. The summed E-state index contributed by atoms with van der Waals surface area (Å²) in [4.78, 5) is 4.77. The van der Waals surface area contributed by atoms with Crippen molar-refractivity contribution in [3.05, 3.63) is 473 Å². The highest BCUT2D eigenvalue weighted by atomic mass is 15.1. The Hall–Kier alpha value is -15.0. The fraction of sp³-hybridized carbons (Fsp3) is 0. The maximum atomic E-state index is 2.40. The van der Waals surface area contributed by atoms with Gasteiger partial charge in [-0.2, -0.15) is 0 Å². The normalized spacial score (nSPS) is 11.2. The van der Waals surface area contributed by atoms with E-state index in [-0.39, 0.29) is 0 Å². The van der Waals surface area contributed by atoms with Crippen molar-refractivity contribution < 1.29 is 0 Å². The van der Waals surface area contributed by atoms with E-state index in [4.69, 9.17) is 0 Å². The molecule has 0 aliphatic rings. The quantitative estimate of drug-likeness (QED) is 0.0951. The largest absolute Gasteiger partial charge is 0.310 e. The molecule has 0 bridgehead atoms. The minimum Gasteiger partial charge on any atom is -0.310 e. The minimum atomic E-state index is 1.08. The van der Waals surface area contributed by atoms with Crippen LogP contribution in [-0.4, -0.2) is 0 Å². The van der Waals surface area contributed by atoms with Gasteiger partial charge in [-0.15, -0.1) is 0 Å². The number of nitrogens with zero attached hydrogens (tertiary/aromatic N) is 2. The number of hydrogen-bond acceptors (Lipinski definition) is 2. The van der Waals surface area contributed by atoms with Gasteiger partial charge in [0.15, 0.2) is 0 Å². The summed E-state index contributed by atoms with van der Waals surface area (Å²) in [6.07, 6.45) is 0. The maximum absolute atomic E-state index is 2.40. The summed E-state index contributed by atoms with van der Waals surface area (Å²) in [6.45, 7) is 0. The summed E-state index contributed by atoms with van der Waals surface area (Å²) in [5.74, 6) is 0. The summed E-state index contributed by atoms with van der Waals surface area (Å²) < 4.78 is 0. The van der Waals surface area contributed by atoms with Crippen LogP contribution >= 0.6 is 0 Å². The van der Waals surface area contributed by atoms with Crippen LogP contribution < -0.4 is 9.80 Å². The molecule has 0 N–H and O–H groups in total. The number of rotatable bonds is 16. The Labute approximate surface area is 667 Å². The molecule has 536 valence electrons. The van der Waals surface area contributed by atoms with Crippen LogP contribution in [0, 0.1) is 0 Å². The van der Waals surface area contributed by atoms with Crippen molar-refractivity contribution in [2.24, 2.45) is 0 Å². The maximum Gasteiger partial charge on any atom is 0.0468 e. The topological polar surface area (TPSA) is 6.48 Å². The molecule has 0 atom stereocenters. The van der Waals surface area contributed by atoms with Crippen LogP contribution in [0.15, 0.2) is 473 Å². The highest BCUT2D eigenvalue weighted by Crippen LogP contribution is 2.47. The first-order chi connectivity index (χ1) is 56.5. The number of hydrogen-bond donors (Lipinski definition) is 0. The van der Waals surface area contributed by atoms with E-state index >= 15 is 0 Å². The second kappa shape index (κ2) is 31.6. The van der Waals surface area contributed by atoms with Gasteiger partial charge in [-0.05, 0) is 239 Å². The van der Waals surface area contributed by atoms with Gasteiger partial charge in [0.1, 0.15) is 0 Å². The van der Waals surface area contributed by atoms with Gasteiger partial charge < -0.3 is 9.80 Å². The Bertz CT molecular complexity index is 6520. The third-order valence-electron chi connectivity index (χ3n) is 22.2. The molecule has 0 aliphatic carbocycles. The Morgan fingerprint density at radius 1 is 0.105 bits per heavy atom. The van der Waals surface area contributed by atoms with Crippen LogP contribution in [0.3, 0.4) is 0 Å². The molecule has 0 saturated carbocycles. The van der Waals surface area contributed by atoms with Crippen LogP contribution in [0.4, 0.5) is 34.1 Å². The van der Waals surface area contributed by atoms with Gasteiger partial charge in [-0.25, -0.2) is 0 Å². The van der Waals surface area contributed by atoms with Crippen LogP contribution in [0.1, 0.15) is 0 Å². The van der Waals surface area contributed by atoms with Gasteiger partial charge in [-0.1, -0.05) is 388 Å². The Morgan fingerprint density at radius 3 is 0.781 bits per heavy atom. The second-order valence-electron chi connectivity index (χ2n) is 29.1. The Balaban J connectivity index is 0.000000156. The smallest absolute Gasteiger partial charge is 0.0468 e. The van der Waals surface area contributed by atoms with E-state index in [1.54, 1.807) is 0 Å². The van der Waals surface area contributed by atoms with E-state index in [1.807, 2.05) is 0 Å².